The Morgan fingerprint density at radius 1 is 1.25 bits per heavy atom. The second kappa shape index (κ2) is 4.52. The lowest BCUT2D eigenvalue weighted by molar-refractivity contribution is -0.210. The molecule has 0 spiro atoms. The number of benzene rings is 1. The van der Waals surface area contributed by atoms with Crippen molar-refractivity contribution in [3.8, 4) is 0 Å². The van der Waals surface area contributed by atoms with Crippen LogP contribution in [-0.2, 0) is 4.79 Å². The monoisotopic (exact) mass is 233 g/mol. The number of aliphatic hydroxyl groups excluding tert-OH is 1. The number of alkyl halides is 3. The van der Waals surface area contributed by atoms with Gasteiger partial charge >= 0.3 is 6.18 Å². The minimum atomic E-state index is -4.88. The van der Waals surface area contributed by atoms with Crippen molar-refractivity contribution in [2.45, 2.75) is 18.2 Å². The Hall–Kier alpha value is -1.56. The molecule has 0 saturated heterocycles. The summed E-state index contributed by atoms with van der Waals surface area (Å²) in [6, 6.07) is 7.14. The molecule has 0 heterocycles. The molecule has 0 radical (unpaired) electrons. The molecule has 3 N–H and O–H groups in total. The predicted octanol–water partition coefficient (Wildman–Crippen LogP) is 1.18. The molecule has 1 aromatic rings. The highest BCUT2D eigenvalue weighted by atomic mass is 19.4. The third kappa shape index (κ3) is 2.73. The van der Waals surface area contributed by atoms with E-state index in [1.165, 1.54) is 24.3 Å². The van der Waals surface area contributed by atoms with Gasteiger partial charge in [-0.15, -0.1) is 0 Å². The van der Waals surface area contributed by atoms with Crippen LogP contribution in [0.15, 0.2) is 30.3 Å². The maximum Gasteiger partial charge on any atom is 0.415 e. The number of amides is 1. The zero-order valence-corrected chi connectivity index (χ0v) is 8.11. The van der Waals surface area contributed by atoms with Crippen LogP contribution in [0.5, 0.6) is 0 Å². The molecule has 2 unspecified atom stereocenters. The Bertz CT molecular complexity index is 364. The van der Waals surface area contributed by atoms with Gasteiger partial charge in [0.1, 0.15) is 0 Å². The van der Waals surface area contributed by atoms with E-state index in [4.69, 9.17) is 10.8 Å². The van der Waals surface area contributed by atoms with Crippen LogP contribution >= 0.6 is 0 Å². The standard InChI is InChI=1S/C10H10F3NO2/c11-10(12,13)8(15)7(9(14)16)6-4-2-1-3-5-6/h1-5,7-8,15H,(H2,14,16). The second-order valence-electron chi connectivity index (χ2n) is 3.28. The van der Waals surface area contributed by atoms with Crippen molar-refractivity contribution < 1.29 is 23.1 Å². The Labute approximate surface area is 89.7 Å². The van der Waals surface area contributed by atoms with E-state index in [0.717, 1.165) is 0 Å². The van der Waals surface area contributed by atoms with E-state index in [0.29, 0.717) is 0 Å². The number of carbonyl (C=O) groups excluding carboxylic acids is 1. The van der Waals surface area contributed by atoms with Crippen molar-refractivity contribution >= 4 is 5.91 Å². The molecule has 1 rings (SSSR count). The number of hydrogen-bond acceptors (Lipinski definition) is 2. The van der Waals surface area contributed by atoms with Gasteiger partial charge in [0.2, 0.25) is 5.91 Å². The van der Waals surface area contributed by atoms with Gasteiger partial charge in [0, 0.05) is 0 Å². The molecule has 1 aromatic carbocycles. The summed E-state index contributed by atoms with van der Waals surface area (Å²) in [5.41, 5.74) is 4.91. The third-order valence-electron chi connectivity index (χ3n) is 2.12. The van der Waals surface area contributed by atoms with Crippen molar-refractivity contribution in [2.24, 2.45) is 5.73 Å². The fourth-order valence-electron chi connectivity index (χ4n) is 1.35. The topological polar surface area (TPSA) is 63.3 Å². The second-order valence-corrected chi connectivity index (χ2v) is 3.28. The summed E-state index contributed by atoms with van der Waals surface area (Å²) < 4.78 is 36.9. The molecule has 6 heteroatoms. The Kier molecular flexibility index (Phi) is 3.54. The summed E-state index contributed by atoms with van der Waals surface area (Å²) >= 11 is 0. The molecule has 0 aliphatic carbocycles. The van der Waals surface area contributed by atoms with Crippen LogP contribution in [0.2, 0.25) is 0 Å². The van der Waals surface area contributed by atoms with E-state index in [1.54, 1.807) is 6.07 Å². The Morgan fingerprint density at radius 2 is 1.75 bits per heavy atom. The first-order chi connectivity index (χ1) is 7.34. The van der Waals surface area contributed by atoms with Crippen LogP contribution < -0.4 is 5.73 Å². The van der Waals surface area contributed by atoms with Gasteiger partial charge in [0.25, 0.3) is 0 Å². The van der Waals surface area contributed by atoms with Crippen molar-refractivity contribution in [1.82, 2.24) is 0 Å². The van der Waals surface area contributed by atoms with E-state index in [9.17, 15) is 18.0 Å². The number of halogens is 3. The largest absolute Gasteiger partial charge is 0.415 e. The minimum Gasteiger partial charge on any atom is -0.383 e. The van der Waals surface area contributed by atoms with E-state index in [1.807, 2.05) is 0 Å². The maximum absolute atomic E-state index is 12.3. The van der Waals surface area contributed by atoms with E-state index >= 15 is 0 Å². The average molecular weight is 233 g/mol. The van der Waals surface area contributed by atoms with Crippen LogP contribution in [0.4, 0.5) is 13.2 Å². The smallest absolute Gasteiger partial charge is 0.383 e. The summed E-state index contributed by atoms with van der Waals surface area (Å²) in [5.74, 6) is -2.99. The summed E-state index contributed by atoms with van der Waals surface area (Å²) in [5, 5.41) is 9.04. The lowest BCUT2D eigenvalue weighted by Gasteiger charge is -2.22. The fourth-order valence-corrected chi connectivity index (χ4v) is 1.35. The highest BCUT2D eigenvalue weighted by Crippen LogP contribution is 2.31. The Morgan fingerprint density at radius 3 is 2.12 bits per heavy atom. The molecule has 0 aliphatic rings. The van der Waals surface area contributed by atoms with Crippen molar-refractivity contribution in [1.29, 1.82) is 0 Å². The number of aliphatic hydroxyl groups is 1. The lowest BCUT2D eigenvalue weighted by Crippen LogP contribution is -2.41. The van der Waals surface area contributed by atoms with Crippen molar-refractivity contribution in [3.05, 3.63) is 35.9 Å². The average Bonchev–Trinajstić information content (AvgIpc) is 2.17. The highest BCUT2D eigenvalue weighted by Gasteiger charge is 2.46. The first-order valence-corrected chi connectivity index (χ1v) is 4.43. The minimum absolute atomic E-state index is 0.0415. The van der Waals surface area contributed by atoms with Gasteiger partial charge in [-0.25, -0.2) is 0 Å². The lowest BCUT2D eigenvalue weighted by atomic mass is 9.92. The van der Waals surface area contributed by atoms with Crippen LogP contribution in [-0.4, -0.2) is 23.3 Å². The third-order valence-corrected chi connectivity index (χ3v) is 2.12. The Balaban J connectivity index is 3.07. The number of carbonyl (C=O) groups is 1. The summed E-state index contributed by atoms with van der Waals surface area (Å²) in [6.07, 6.45) is -7.66. The van der Waals surface area contributed by atoms with Crippen LogP contribution in [0.25, 0.3) is 0 Å². The molecule has 16 heavy (non-hydrogen) atoms. The van der Waals surface area contributed by atoms with Gasteiger partial charge in [0.05, 0.1) is 5.92 Å². The number of hydrogen-bond donors (Lipinski definition) is 2. The summed E-state index contributed by atoms with van der Waals surface area (Å²) in [7, 11) is 0. The summed E-state index contributed by atoms with van der Waals surface area (Å²) in [6.45, 7) is 0. The first-order valence-electron chi connectivity index (χ1n) is 4.43. The zero-order valence-electron chi connectivity index (χ0n) is 8.11. The maximum atomic E-state index is 12.3. The quantitative estimate of drug-likeness (QED) is 0.823. The molecule has 1 amide bonds. The molecule has 3 nitrogen and oxygen atoms in total. The van der Waals surface area contributed by atoms with Crippen molar-refractivity contribution in [3.63, 3.8) is 0 Å². The molecule has 0 fully saturated rings. The molecule has 88 valence electrons. The molecule has 0 saturated carbocycles. The van der Waals surface area contributed by atoms with Crippen LogP contribution in [0.3, 0.4) is 0 Å². The van der Waals surface area contributed by atoms with E-state index in [-0.39, 0.29) is 5.56 Å². The molecule has 0 aliphatic heterocycles. The van der Waals surface area contributed by atoms with Crippen LogP contribution in [0.1, 0.15) is 11.5 Å². The highest BCUT2D eigenvalue weighted by molar-refractivity contribution is 5.82. The van der Waals surface area contributed by atoms with Crippen molar-refractivity contribution in [2.75, 3.05) is 0 Å². The number of nitrogens with two attached hydrogens (primary N) is 1. The predicted molar refractivity (Wildman–Crippen MR) is 50.4 cm³/mol. The first kappa shape index (κ1) is 12.5. The molecular weight excluding hydrogens is 223 g/mol. The number of rotatable bonds is 3. The zero-order chi connectivity index (χ0) is 12.3. The summed E-state index contributed by atoms with van der Waals surface area (Å²) in [4.78, 5) is 11.0. The van der Waals surface area contributed by atoms with Gasteiger partial charge in [0.15, 0.2) is 6.10 Å². The van der Waals surface area contributed by atoms with Gasteiger partial charge in [-0.05, 0) is 5.56 Å². The normalized spacial score (nSPS) is 15.5. The molecule has 0 bridgehead atoms. The fraction of sp³-hybridized carbons (Fsp3) is 0.300. The van der Waals surface area contributed by atoms with Gasteiger partial charge in [-0.3, -0.25) is 4.79 Å². The van der Waals surface area contributed by atoms with Gasteiger partial charge in [-0.2, -0.15) is 13.2 Å². The van der Waals surface area contributed by atoms with Gasteiger partial charge < -0.3 is 10.8 Å². The molecule has 2 atom stereocenters. The molecule has 0 aromatic heterocycles. The van der Waals surface area contributed by atoms with E-state index < -0.39 is 24.1 Å². The SMILES string of the molecule is NC(=O)C(c1ccccc1)C(O)C(F)(F)F. The number of primary amides is 1. The van der Waals surface area contributed by atoms with Gasteiger partial charge in [-0.1, -0.05) is 30.3 Å². The van der Waals surface area contributed by atoms with Crippen LogP contribution in [0, 0.1) is 0 Å². The molecular formula is C10H10F3NO2. The van der Waals surface area contributed by atoms with E-state index in [2.05, 4.69) is 0 Å².